The van der Waals surface area contributed by atoms with E-state index in [9.17, 15) is 4.79 Å². The number of carbonyl (C=O) groups is 1. The minimum absolute atomic E-state index is 0.142. The average Bonchev–Trinajstić information content (AvgIpc) is 3.07. The van der Waals surface area contributed by atoms with E-state index in [0.717, 1.165) is 48.9 Å². The summed E-state index contributed by atoms with van der Waals surface area (Å²) in [6.07, 6.45) is 7.04. The van der Waals surface area contributed by atoms with Crippen LogP contribution in [0.1, 0.15) is 47.5 Å². The number of aromatic nitrogens is 3. The van der Waals surface area contributed by atoms with Gasteiger partial charge < -0.3 is 9.88 Å². The van der Waals surface area contributed by atoms with Crippen LogP contribution in [0.25, 0.3) is 0 Å². The van der Waals surface area contributed by atoms with Crippen molar-refractivity contribution in [2.45, 2.75) is 45.6 Å². The third-order valence-corrected chi connectivity index (χ3v) is 4.37. The summed E-state index contributed by atoms with van der Waals surface area (Å²) in [7, 11) is 0. The molecule has 2 aromatic rings. The second kappa shape index (κ2) is 5.75. The Balaban J connectivity index is 1.73. The summed E-state index contributed by atoms with van der Waals surface area (Å²) < 4.78 is 2.10. The first-order chi connectivity index (χ1) is 9.78. The molecule has 0 aliphatic carbocycles. The van der Waals surface area contributed by atoms with Crippen molar-refractivity contribution in [3.05, 3.63) is 28.1 Å². The van der Waals surface area contributed by atoms with Gasteiger partial charge in [0.2, 0.25) is 0 Å². The number of amides is 1. The van der Waals surface area contributed by atoms with Gasteiger partial charge in [0.05, 0.1) is 11.2 Å². The third-order valence-electron chi connectivity index (χ3n) is 3.46. The maximum atomic E-state index is 12.2. The van der Waals surface area contributed by atoms with Gasteiger partial charge in [-0.25, -0.2) is 9.97 Å². The fourth-order valence-electron chi connectivity index (χ4n) is 2.44. The first-order valence-corrected chi connectivity index (χ1v) is 7.96. The molecule has 2 aromatic heterocycles. The molecule has 0 saturated heterocycles. The number of hydrogen-bond acceptors (Lipinski definition) is 4. The summed E-state index contributed by atoms with van der Waals surface area (Å²) in [5.41, 5.74) is 0.504. The van der Waals surface area contributed by atoms with Crippen LogP contribution < -0.4 is 5.32 Å². The standard InChI is InChI=1S/C14H18N4OS/c1-2-5-13-16-10(9-20-13)14(19)17-12-8-15-11-6-3-4-7-18(11)12/h8-9H,2-7H2,1H3,(H,17,19). The molecule has 1 aliphatic heterocycles. The normalized spacial score (nSPS) is 14.1. The van der Waals surface area contributed by atoms with Crippen LogP contribution in [-0.4, -0.2) is 20.4 Å². The molecule has 5 nitrogen and oxygen atoms in total. The van der Waals surface area contributed by atoms with Gasteiger partial charge in [-0.2, -0.15) is 0 Å². The molecule has 3 rings (SSSR count). The van der Waals surface area contributed by atoms with Crippen molar-refractivity contribution in [2.75, 3.05) is 5.32 Å². The van der Waals surface area contributed by atoms with Gasteiger partial charge in [0.15, 0.2) is 0 Å². The van der Waals surface area contributed by atoms with Crippen molar-refractivity contribution in [1.82, 2.24) is 14.5 Å². The van der Waals surface area contributed by atoms with E-state index in [2.05, 4.69) is 26.8 Å². The van der Waals surface area contributed by atoms with Crippen molar-refractivity contribution < 1.29 is 4.79 Å². The molecule has 0 aromatic carbocycles. The number of nitrogens with one attached hydrogen (secondary N) is 1. The van der Waals surface area contributed by atoms with Crippen LogP contribution in [0.15, 0.2) is 11.6 Å². The quantitative estimate of drug-likeness (QED) is 0.942. The minimum Gasteiger partial charge on any atom is -0.315 e. The van der Waals surface area contributed by atoms with E-state index in [1.807, 2.05) is 5.38 Å². The van der Waals surface area contributed by atoms with E-state index >= 15 is 0 Å². The molecule has 106 valence electrons. The van der Waals surface area contributed by atoms with E-state index in [1.165, 1.54) is 6.42 Å². The molecule has 0 atom stereocenters. The van der Waals surface area contributed by atoms with Crippen molar-refractivity contribution in [1.29, 1.82) is 0 Å². The molecule has 20 heavy (non-hydrogen) atoms. The molecule has 0 fully saturated rings. The Morgan fingerprint density at radius 1 is 1.50 bits per heavy atom. The number of imidazole rings is 1. The number of hydrogen-bond donors (Lipinski definition) is 1. The molecule has 1 aliphatic rings. The number of carbonyl (C=O) groups excluding carboxylic acids is 1. The molecular formula is C14H18N4OS. The molecule has 0 saturated carbocycles. The SMILES string of the molecule is CCCc1nc(C(=O)Nc2cnc3n2CCCC3)cs1. The number of thiazole rings is 1. The molecule has 6 heteroatoms. The highest BCUT2D eigenvalue weighted by molar-refractivity contribution is 7.09. The van der Waals surface area contributed by atoms with Gasteiger partial charge in [-0.15, -0.1) is 11.3 Å². The molecule has 0 unspecified atom stereocenters. The summed E-state index contributed by atoms with van der Waals surface area (Å²) in [4.78, 5) is 20.9. The van der Waals surface area contributed by atoms with Crippen LogP contribution in [0.2, 0.25) is 0 Å². The lowest BCUT2D eigenvalue weighted by atomic mass is 10.2. The molecule has 1 N–H and O–H groups in total. The fraction of sp³-hybridized carbons (Fsp3) is 0.500. The zero-order valence-corrected chi connectivity index (χ0v) is 12.4. The molecule has 3 heterocycles. The maximum absolute atomic E-state index is 12.2. The molecule has 1 amide bonds. The number of fused-ring (bicyclic) bond motifs is 1. The summed E-state index contributed by atoms with van der Waals surface area (Å²) >= 11 is 1.55. The molecule has 0 spiro atoms. The van der Waals surface area contributed by atoms with Crippen LogP contribution >= 0.6 is 11.3 Å². The molecule has 0 radical (unpaired) electrons. The highest BCUT2D eigenvalue weighted by Gasteiger charge is 2.17. The Labute approximate surface area is 122 Å². The van der Waals surface area contributed by atoms with Gasteiger partial charge >= 0.3 is 0 Å². The highest BCUT2D eigenvalue weighted by Crippen LogP contribution is 2.20. The second-order valence-corrected chi connectivity index (χ2v) is 5.94. The lowest BCUT2D eigenvalue weighted by molar-refractivity contribution is 0.102. The van der Waals surface area contributed by atoms with Crippen molar-refractivity contribution in [3.8, 4) is 0 Å². The molecular weight excluding hydrogens is 272 g/mol. The Kier molecular flexibility index (Phi) is 3.82. The predicted molar refractivity (Wildman–Crippen MR) is 79.2 cm³/mol. The summed E-state index contributed by atoms with van der Waals surface area (Å²) in [6.45, 7) is 3.04. The first-order valence-electron chi connectivity index (χ1n) is 7.08. The van der Waals surface area contributed by atoms with E-state index < -0.39 is 0 Å². The lowest BCUT2D eigenvalue weighted by Gasteiger charge is -2.16. The predicted octanol–water partition coefficient (Wildman–Crippen LogP) is 2.88. The average molecular weight is 290 g/mol. The number of rotatable bonds is 4. The van der Waals surface area contributed by atoms with Gasteiger partial charge in [-0.05, 0) is 25.7 Å². The Hall–Kier alpha value is -1.69. The Bertz CT molecular complexity index is 616. The smallest absolute Gasteiger partial charge is 0.276 e. The minimum atomic E-state index is -0.142. The van der Waals surface area contributed by atoms with Gasteiger partial charge in [-0.3, -0.25) is 4.79 Å². The summed E-state index contributed by atoms with van der Waals surface area (Å²) in [5.74, 6) is 1.71. The van der Waals surface area contributed by atoms with E-state index in [1.54, 1.807) is 17.5 Å². The van der Waals surface area contributed by atoms with E-state index in [0.29, 0.717) is 5.69 Å². The lowest BCUT2D eigenvalue weighted by Crippen LogP contribution is -2.18. The van der Waals surface area contributed by atoms with Crippen LogP contribution in [0, 0.1) is 0 Å². The first kappa shape index (κ1) is 13.3. The monoisotopic (exact) mass is 290 g/mol. The van der Waals surface area contributed by atoms with E-state index in [-0.39, 0.29) is 5.91 Å². The zero-order valence-electron chi connectivity index (χ0n) is 11.6. The van der Waals surface area contributed by atoms with Gasteiger partial charge in [0, 0.05) is 18.3 Å². The number of anilines is 1. The largest absolute Gasteiger partial charge is 0.315 e. The van der Waals surface area contributed by atoms with Crippen molar-refractivity contribution in [2.24, 2.45) is 0 Å². The van der Waals surface area contributed by atoms with Crippen LogP contribution in [0.5, 0.6) is 0 Å². The number of aryl methyl sites for hydroxylation is 2. The Morgan fingerprint density at radius 2 is 2.40 bits per heavy atom. The van der Waals surface area contributed by atoms with Crippen LogP contribution in [0.4, 0.5) is 5.82 Å². The third kappa shape index (κ3) is 2.60. The Morgan fingerprint density at radius 3 is 3.25 bits per heavy atom. The fourth-order valence-corrected chi connectivity index (χ4v) is 3.32. The summed E-state index contributed by atoms with van der Waals surface area (Å²) in [5, 5.41) is 5.78. The van der Waals surface area contributed by atoms with Crippen LogP contribution in [0.3, 0.4) is 0 Å². The van der Waals surface area contributed by atoms with E-state index in [4.69, 9.17) is 0 Å². The topological polar surface area (TPSA) is 59.8 Å². The van der Waals surface area contributed by atoms with Crippen LogP contribution in [-0.2, 0) is 19.4 Å². The van der Waals surface area contributed by atoms with Gasteiger partial charge in [0.25, 0.3) is 5.91 Å². The number of nitrogens with zero attached hydrogens (tertiary/aromatic N) is 3. The van der Waals surface area contributed by atoms with Crippen molar-refractivity contribution >= 4 is 23.1 Å². The summed E-state index contributed by atoms with van der Waals surface area (Å²) in [6, 6.07) is 0. The highest BCUT2D eigenvalue weighted by atomic mass is 32.1. The van der Waals surface area contributed by atoms with Crippen molar-refractivity contribution in [3.63, 3.8) is 0 Å². The zero-order chi connectivity index (χ0) is 13.9. The van der Waals surface area contributed by atoms with Gasteiger partial charge in [0.1, 0.15) is 17.3 Å². The maximum Gasteiger partial charge on any atom is 0.276 e. The second-order valence-electron chi connectivity index (χ2n) is 5.00. The molecule has 0 bridgehead atoms. The van der Waals surface area contributed by atoms with Gasteiger partial charge in [-0.1, -0.05) is 6.92 Å².